The Bertz CT molecular complexity index is 684. The highest BCUT2D eigenvalue weighted by Gasteiger charge is 2.26. The zero-order chi connectivity index (χ0) is 13.2. The highest BCUT2D eigenvalue weighted by Crippen LogP contribution is 2.31. The van der Waals surface area contributed by atoms with Gasteiger partial charge in [0.05, 0.1) is 5.57 Å². The van der Waals surface area contributed by atoms with E-state index in [4.69, 9.17) is 0 Å². The first-order chi connectivity index (χ1) is 9.25. The maximum Gasteiger partial charge on any atom is 0.346 e. The van der Waals surface area contributed by atoms with Crippen molar-refractivity contribution in [2.75, 3.05) is 0 Å². The summed E-state index contributed by atoms with van der Waals surface area (Å²) in [7, 11) is 0. The van der Waals surface area contributed by atoms with Gasteiger partial charge in [0.2, 0.25) is 0 Å². The number of ether oxygens (including phenoxy) is 1. The minimum atomic E-state index is -0.608. The molecule has 2 aromatic rings. The van der Waals surface area contributed by atoms with Gasteiger partial charge in [0.15, 0.2) is 0 Å². The number of cyclic esters (lactones) is 2. The zero-order valence-corrected chi connectivity index (χ0v) is 10.00. The molecule has 0 bridgehead atoms. The molecule has 3 nitrogen and oxygen atoms in total. The van der Waals surface area contributed by atoms with Crippen LogP contribution in [0.4, 0.5) is 0 Å². The number of rotatable bonds is 2. The molecule has 2 aromatic carbocycles. The lowest BCUT2D eigenvalue weighted by Crippen LogP contribution is -2.02. The molecule has 3 rings (SSSR count). The fourth-order valence-electron chi connectivity index (χ4n) is 2.13. The Kier molecular flexibility index (Phi) is 2.72. The van der Waals surface area contributed by atoms with Crippen LogP contribution in [0.15, 0.2) is 60.7 Å². The minimum Gasteiger partial charge on any atom is -0.386 e. The van der Waals surface area contributed by atoms with Gasteiger partial charge in [-0.15, -0.1) is 0 Å². The number of carbonyl (C=O) groups is 2. The normalized spacial score (nSPS) is 14.2. The molecule has 19 heavy (non-hydrogen) atoms. The van der Waals surface area contributed by atoms with Crippen LogP contribution in [0.25, 0.3) is 16.7 Å². The quantitative estimate of drug-likeness (QED) is 0.608. The van der Waals surface area contributed by atoms with Crippen LogP contribution in [0.5, 0.6) is 0 Å². The lowest BCUT2D eigenvalue weighted by molar-refractivity contribution is -0.149. The second-order valence-electron chi connectivity index (χ2n) is 4.18. The number of carbonyl (C=O) groups excluding carboxylic acids is 2. The van der Waals surface area contributed by atoms with Crippen LogP contribution in [0.3, 0.4) is 0 Å². The number of hydrogen-bond donors (Lipinski definition) is 0. The van der Waals surface area contributed by atoms with Gasteiger partial charge in [0, 0.05) is 6.08 Å². The first-order valence-corrected chi connectivity index (χ1v) is 5.88. The molecule has 0 unspecified atom stereocenters. The van der Waals surface area contributed by atoms with E-state index in [9.17, 15) is 9.59 Å². The molecule has 0 aliphatic carbocycles. The van der Waals surface area contributed by atoms with E-state index in [1.807, 2.05) is 54.6 Å². The number of esters is 2. The molecule has 0 aromatic heterocycles. The molecule has 92 valence electrons. The zero-order valence-electron chi connectivity index (χ0n) is 10.00. The monoisotopic (exact) mass is 250 g/mol. The summed E-state index contributed by atoms with van der Waals surface area (Å²) in [5, 5.41) is 0. The first-order valence-electron chi connectivity index (χ1n) is 5.88. The predicted molar refractivity (Wildman–Crippen MR) is 71.0 cm³/mol. The fraction of sp³-hybridized carbons (Fsp3) is 0. The Hall–Kier alpha value is -2.68. The van der Waals surface area contributed by atoms with Gasteiger partial charge in [0.25, 0.3) is 0 Å². The van der Waals surface area contributed by atoms with Gasteiger partial charge in [-0.25, -0.2) is 9.59 Å². The van der Waals surface area contributed by atoms with Crippen molar-refractivity contribution >= 4 is 17.5 Å². The summed E-state index contributed by atoms with van der Waals surface area (Å²) >= 11 is 0. The molecular weight excluding hydrogens is 240 g/mol. The van der Waals surface area contributed by atoms with Crippen molar-refractivity contribution in [3.8, 4) is 11.1 Å². The molecule has 0 N–H and O–H groups in total. The van der Waals surface area contributed by atoms with E-state index in [1.165, 1.54) is 6.08 Å². The third-order valence-electron chi connectivity index (χ3n) is 2.98. The molecule has 0 saturated heterocycles. The van der Waals surface area contributed by atoms with E-state index in [2.05, 4.69) is 4.74 Å². The second kappa shape index (κ2) is 4.53. The first kappa shape index (κ1) is 11.4. The van der Waals surface area contributed by atoms with Crippen molar-refractivity contribution < 1.29 is 14.3 Å². The summed E-state index contributed by atoms with van der Waals surface area (Å²) in [6.45, 7) is 0. The Morgan fingerprint density at radius 2 is 1.37 bits per heavy atom. The second-order valence-corrected chi connectivity index (χ2v) is 4.18. The Labute approximate surface area is 110 Å². The SMILES string of the molecule is O=C1C=C(c2ccccc2-c2ccccc2)C(=O)O1. The Morgan fingerprint density at radius 3 is 2.00 bits per heavy atom. The molecular formula is C16H10O3. The highest BCUT2D eigenvalue weighted by molar-refractivity contribution is 6.29. The fourth-order valence-corrected chi connectivity index (χ4v) is 2.13. The molecule has 0 spiro atoms. The van der Waals surface area contributed by atoms with E-state index in [0.29, 0.717) is 11.1 Å². The maximum absolute atomic E-state index is 11.7. The van der Waals surface area contributed by atoms with E-state index in [0.717, 1.165) is 11.1 Å². The van der Waals surface area contributed by atoms with Crippen molar-refractivity contribution in [2.24, 2.45) is 0 Å². The van der Waals surface area contributed by atoms with Gasteiger partial charge in [0.1, 0.15) is 0 Å². The van der Waals surface area contributed by atoms with Crippen molar-refractivity contribution in [3.05, 3.63) is 66.2 Å². The molecule has 0 atom stereocenters. The molecule has 0 radical (unpaired) electrons. The number of hydrogen-bond acceptors (Lipinski definition) is 3. The Balaban J connectivity index is 2.16. The van der Waals surface area contributed by atoms with Crippen LogP contribution in [-0.4, -0.2) is 11.9 Å². The topological polar surface area (TPSA) is 43.4 Å². The summed E-state index contributed by atoms with van der Waals surface area (Å²) in [4.78, 5) is 22.8. The lowest BCUT2D eigenvalue weighted by atomic mass is 9.95. The van der Waals surface area contributed by atoms with Crippen LogP contribution in [-0.2, 0) is 14.3 Å². The lowest BCUT2D eigenvalue weighted by Gasteiger charge is -2.08. The van der Waals surface area contributed by atoms with Crippen LogP contribution in [0.1, 0.15) is 5.56 Å². The van der Waals surface area contributed by atoms with Crippen LogP contribution in [0, 0.1) is 0 Å². The number of benzene rings is 2. The summed E-state index contributed by atoms with van der Waals surface area (Å²) in [5.41, 5.74) is 2.92. The van der Waals surface area contributed by atoms with Gasteiger partial charge in [-0.05, 0) is 16.7 Å². The van der Waals surface area contributed by atoms with Gasteiger partial charge in [-0.3, -0.25) is 0 Å². The van der Waals surface area contributed by atoms with Crippen LogP contribution >= 0.6 is 0 Å². The summed E-state index contributed by atoms with van der Waals surface area (Å²) in [6, 6.07) is 17.2. The van der Waals surface area contributed by atoms with Crippen LogP contribution < -0.4 is 0 Å². The van der Waals surface area contributed by atoms with E-state index >= 15 is 0 Å². The van der Waals surface area contributed by atoms with Crippen molar-refractivity contribution in [1.29, 1.82) is 0 Å². The van der Waals surface area contributed by atoms with E-state index in [-0.39, 0.29) is 0 Å². The molecule has 1 aliphatic rings. The van der Waals surface area contributed by atoms with E-state index < -0.39 is 11.9 Å². The molecule has 1 aliphatic heterocycles. The average Bonchev–Trinajstić information content (AvgIpc) is 2.79. The largest absolute Gasteiger partial charge is 0.386 e. The molecule has 3 heteroatoms. The van der Waals surface area contributed by atoms with E-state index in [1.54, 1.807) is 0 Å². The van der Waals surface area contributed by atoms with Gasteiger partial charge < -0.3 is 4.74 Å². The molecule has 0 fully saturated rings. The minimum absolute atomic E-state index is 0.310. The summed E-state index contributed by atoms with van der Waals surface area (Å²) in [6.07, 6.45) is 1.24. The van der Waals surface area contributed by atoms with Crippen molar-refractivity contribution in [1.82, 2.24) is 0 Å². The van der Waals surface area contributed by atoms with Crippen molar-refractivity contribution in [2.45, 2.75) is 0 Å². The van der Waals surface area contributed by atoms with Crippen molar-refractivity contribution in [3.63, 3.8) is 0 Å². The Morgan fingerprint density at radius 1 is 0.737 bits per heavy atom. The average molecular weight is 250 g/mol. The van der Waals surface area contributed by atoms with Gasteiger partial charge >= 0.3 is 11.9 Å². The van der Waals surface area contributed by atoms with Crippen LogP contribution in [0.2, 0.25) is 0 Å². The van der Waals surface area contributed by atoms with Gasteiger partial charge in [-0.1, -0.05) is 54.6 Å². The standard InChI is InChI=1S/C16H10O3/c17-15-10-14(16(18)19-15)13-9-5-4-8-12(13)11-6-2-1-3-7-11/h1-10H. The van der Waals surface area contributed by atoms with Gasteiger partial charge in [-0.2, -0.15) is 0 Å². The highest BCUT2D eigenvalue weighted by atomic mass is 16.6. The maximum atomic E-state index is 11.7. The summed E-state index contributed by atoms with van der Waals surface area (Å²) < 4.78 is 4.55. The molecule has 0 saturated carbocycles. The smallest absolute Gasteiger partial charge is 0.346 e. The third kappa shape index (κ3) is 2.06. The molecule has 0 amide bonds. The predicted octanol–water partition coefficient (Wildman–Crippen LogP) is 2.82. The third-order valence-corrected chi connectivity index (χ3v) is 2.98. The molecule has 1 heterocycles. The summed E-state index contributed by atoms with van der Waals surface area (Å²) in [5.74, 6) is -1.20.